The van der Waals surface area contributed by atoms with Crippen molar-refractivity contribution in [2.75, 3.05) is 36.2 Å². The van der Waals surface area contributed by atoms with Crippen LogP contribution in [0.1, 0.15) is 18.9 Å². The van der Waals surface area contributed by atoms with Gasteiger partial charge in [-0.25, -0.2) is 4.39 Å². The summed E-state index contributed by atoms with van der Waals surface area (Å²) in [5, 5.41) is 2.00. The van der Waals surface area contributed by atoms with Gasteiger partial charge in [-0.1, -0.05) is 0 Å². The Balaban J connectivity index is 1.45. The Bertz CT molecular complexity index is 983. The number of aryl methyl sites for hydroxylation is 1. The lowest BCUT2D eigenvalue weighted by Crippen LogP contribution is -2.39. The highest BCUT2D eigenvalue weighted by Gasteiger charge is 2.25. The Morgan fingerprint density at radius 3 is 2.66 bits per heavy atom. The number of anilines is 2. The predicted molar refractivity (Wildman–Crippen MR) is 122 cm³/mol. The monoisotopic (exact) mass is 460 g/mol. The molecule has 170 valence electrons. The van der Waals surface area contributed by atoms with Crippen molar-refractivity contribution in [2.24, 2.45) is 0 Å². The van der Waals surface area contributed by atoms with Gasteiger partial charge in [0.1, 0.15) is 16.8 Å². The third-order valence-corrected chi connectivity index (χ3v) is 6.09. The van der Waals surface area contributed by atoms with E-state index in [1.165, 1.54) is 24.3 Å². The molecule has 1 atom stereocenters. The van der Waals surface area contributed by atoms with Crippen LogP contribution in [0.3, 0.4) is 0 Å². The number of hydrogen-bond donors (Lipinski definition) is 1. The summed E-state index contributed by atoms with van der Waals surface area (Å²) in [6.45, 7) is 1.81. The van der Waals surface area contributed by atoms with Crippen LogP contribution in [0.15, 0.2) is 42.5 Å². The van der Waals surface area contributed by atoms with Crippen molar-refractivity contribution in [1.82, 2.24) is 0 Å². The number of nitrogens with one attached hydrogen (secondary N) is 1. The Morgan fingerprint density at radius 1 is 1.19 bits per heavy atom. The number of benzene rings is 2. The van der Waals surface area contributed by atoms with Gasteiger partial charge in [0.2, 0.25) is 5.91 Å². The van der Waals surface area contributed by atoms with Crippen LogP contribution >= 0.6 is 11.8 Å². The molecule has 1 N–H and O–H groups in total. The second kappa shape index (κ2) is 11.0. The molecule has 1 unspecified atom stereocenters. The Labute approximate surface area is 190 Å². The topological polar surface area (TPSA) is 84.9 Å². The average molecular weight is 461 g/mol. The molecule has 0 fully saturated rings. The van der Waals surface area contributed by atoms with Gasteiger partial charge in [-0.05, 0) is 67.8 Å². The number of fused-ring (bicyclic) bond motifs is 1. The van der Waals surface area contributed by atoms with Crippen molar-refractivity contribution in [3.8, 4) is 5.75 Å². The number of methoxy groups -OCH3 is 1. The lowest BCUT2D eigenvalue weighted by atomic mass is 10.0. The first-order valence-corrected chi connectivity index (χ1v) is 11.2. The second-order valence-electron chi connectivity index (χ2n) is 7.26. The van der Waals surface area contributed by atoms with E-state index in [0.717, 1.165) is 41.6 Å². The fraction of sp³-hybridized carbons (Fsp3) is 0.348. The van der Waals surface area contributed by atoms with E-state index < -0.39 is 17.0 Å². The summed E-state index contributed by atoms with van der Waals surface area (Å²) >= 11 is 1.10. The number of ether oxygens (including phenoxy) is 2. The molecule has 0 spiro atoms. The molecule has 0 aliphatic carbocycles. The first-order chi connectivity index (χ1) is 15.4. The van der Waals surface area contributed by atoms with Crippen LogP contribution in [0.5, 0.6) is 5.75 Å². The molecular formula is C23H25FN2O5S. The number of rotatable bonds is 8. The van der Waals surface area contributed by atoms with E-state index in [0.29, 0.717) is 12.2 Å². The van der Waals surface area contributed by atoms with Gasteiger partial charge in [0.25, 0.3) is 5.91 Å². The standard InChI is InChI=1S/C23H25FN2O5S/c1-15(32-14-21(27)25-18-7-5-17(24)6-8-18)23(29)31-13-22(28)26-11-3-4-16-12-19(30-2)9-10-20(16)26/h5-10,12,15H,3-4,11,13-14H2,1-2H3,(H,25,27). The summed E-state index contributed by atoms with van der Waals surface area (Å²) in [6.07, 6.45) is 1.67. The fourth-order valence-electron chi connectivity index (χ4n) is 3.29. The van der Waals surface area contributed by atoms with Crippen LogP contribution < -0.4 is 15.0 Å². The van der Waals surface area contributed by atoms with Crippen molar-refractivity contribution < 1.29 is 28.2 Å². The Hall–Kier alpha value is -3.07. The van der Waals surface area contributed by atoms with Gasteiger partial charge < -0.3 is 19.7 Å². The maximum atomic E-state index is 12.9. The van der Waals surface area contributed by atoms with Crippen molar-refractivity contribution in [1.29, 1.82) is 0 Å². The average Bonchev–Trinajstić information content (AvgIpc) is 2.81. The zero-order valence-electron chi connectivity index (χ0n) is 17.9. The molecule has 3 rings (SSSR count). The molecular weight excluding hydrogens is 435 g/mol. The fourth-order valence-corrected chi connectivity index (χ4v) is 3.96. The molecule has 1 heterocycles. The van der Waals surface area contributed by atoms with Gasteiger partial charge in [-0.15, -0.1) is 11.8 Å². The number of halogens is 1. The van der Waals surface area contributed by atoms with E-state index in [9.17, 15) is 18.8 Å². The maximum Gasteiger partial charge on any atom is 0.319 e. The Kier molecular flexibility index (Phi) is 8.10. The molecule has 32 heavy (non-hydrogen) atoms. The molecule has 9 heteroatoms. The minimum absolute atomic E-state index is 0.0168. The summed E-state index contributed by atoms with van der Waals surface area (Å²) in [6, 6.07) is 11.0. The van der Waals surface area contributed by atoms with E-state index in [1.54, 1.807) is 25.0 Å². The third-order valence-electron chi connectivity index (χ3n) is 4.97. The van der Waals surface area contributed by atoms with Crippen LogP contribution in [0, 0.1) is 5.82 Å². The van der Waals surface area contributed by atoms with Crippen LogP contribution in [0.4, 0.5) is 15.8 Å². The van der Waals surface area contributed by atoms with Crippen LogP contribution in [-0.2, 0) is 25.5 Å². The van der Waals surface area contributed by atoms with Gasteiger partial charge in [0.15, 0.2) is 6.61 Å². The zero-order valence-corrected chi connectivity index (χ0v) is 18.7. The number of carbonyl (C=O) groups excluding carboxylic acids is 3. The molecule has 0 bridgehead atoms. The highest BCUT2D eigenvalue weighted by molar-refractivity contribution is 8.01. The number of nitrogens with zero attached hydrogens (tertiary/aromatic N) is 1. The smallest absolute Gasteiger partial charge is 0.319 e. The minimum atomic E-state index is -0.625. The second-order valence-corrected chi connectivity index (χ2v) is 8.59. The largest absolute Gasteiger partial charge is 0.497 e. The van der Waals surface area contributed by atoms with Crippen molar-refractivity contribution in [3.63, 3.8) is 0 Å². The molecule has 0 saturated carbocycles. The Morgan fingerprint density at radius 2 is 1.94 bits per heavy atom. The van der Waals surface area contributed by atoms with E-state index in [4.69, 9.17) is 9.47 Å². The molecule has 2 aromatic carbocycles. The van der Waals surface area contributed by atoms with Crippen LogP contribution in [0.2, 0.25) is 0 Å². The van der Waals surface area contributed by atoms with Crippen molar-refractivity contribution in [3.05, 3.63) is 53.8 Å². The first-order valence-electron chi connectivity index (χ1n) is 10.2. The highest BCUT2D eigenvalue weighted by Crippen LogP contribution is 2.30. The van der Waals surface area contributed by atoms with Crippen LogP contribution in [-0.4, -0.2) is 49.0 Å². The quantitative estimate of drug-likeness (QED) is 0.608. The summed E-state index contributed by atoms with van der Waals surface area (Å²) in [7, 11) is 1.60. The van der Waals surface area contributed by atoms with E-state index in [1.807, 2.05) is 12.1 Å². The first kappa shape index (κ1) is 23.6. The number of thioether (sulfide) groups is 1. The highest BCUT2D eigenvalue weighted by atomic mass is 32.2. The molecule has 1 aliphatic heterocycles. The molecule has 1 aliphatic rings. The lowest BCUT2D eigenvalue weighted by Gasteiger charge is -2.29. The molecule has 7 nitrogen and oxygen atoms in total. The predicted octanol–water partition coefficient (Wildman–Crippen LogP) is 3.42. The molecule has 0 aromatic heterocycles. The number of esters is 1. The third kappa shape index (κ3) is 6.23. The van der Waals surface area contributed by atoms with Crippen LogP contribution in [0.25, 0.3) is 0 Å². The maximum absolute atomic E-state index is 12.9. The van der Waals surface area contributed by atoms with Gasteiger partial charge in [0, 0.05) is 17.9 Å². The summed E-state index contributed by atoms with van der Waals surface area (Å²) in [4.78, 5) is 38.6. The normalized spacial score (nSPS) is 13.7. The SMILES string of the molecule is COc1ccc2c(c1)CCCN2C(=O)COC(=O)C(C)SCC(=O)Nc1ccc(F)cc1. The molecule has 0 saturated heterocycles. The van der Waals surface area contributed by atoms with Crippen molar-refractivity contribution >= 4 is 40.9 Å². The number of amides is 2. The molecule has 0 radical (unpaired) electrons. The summed E-state index contributed by atoms with van der Waals surface area (Å²) in [5.74, 6) is -0.823. The van der Waals surface area contributed by atoms with Gasteiger partial charge in [-0.3, -0.25) is 14.4 Å². The molecule has 2 amide bonds. The number of carbonyl (C=O) groups is 3. The molecule has 2 aromatic rings. The van der Waals surface area contributed by atoms with E-state index >= 15 is 0 Å². The van der Waals surface area contributed by atoms with Gasteiger partial charge in [-0.2, -0.15) is 0 Å². The van der Waals surface area contributed by atoms with Crippen molar-refractivity contribution in [2.45, 2.75) is 25.0 Å². The minimum Gasteiger partial charge on any atom is -0.497 e. The van der Waals surface area contributed by atoms with Gasteiger partial charge >= 0.3 is 5.97 Å². The number of hydrogen-bond acceptors (Lipinski definition) is 6. The van der Waals surface area contributed by atoms with E-state index in [-0.39, 0.29) is 24.2 Å². The van der Waals surface area contributed by atoms with Gasteiger partial charge in [0.05, 0.1) is 12.9 Å². The summed E-state index contributed by atoms with van der Waals surface area (Å²) < 4.78 is 23.4. The summed E-state index contributed by atoms with van der Waals surface area (Å²) in [5.41, 5.74) is 2.29. The van der Waals surface area contributed by atoms with E-state index in [2.05, 4.69) is 5.32 Å². The zero-order chi connectivity index (χ0) is 23.1. The lowest BCUT2D eigenvalue weighted by molar-refractivity contribution is -0.147.